The van der Waals surface area contributed by atoms with Crippen LogP contribution in [0.2, 0.25) is 0 Å². The summed E-state index contributed by atoms with van der Waals surface area (Å²) in [6, 6.07) is 8.20. The number of fused-ring (bicyclic) bond motifs is 1. The lowest BCUT2D eigenvalue weighted by Gasteiger charge is -2.22. The third-order valence-electron chi connectivity index (χ3n) is 4.74. The van der Waals surface area contributed by atoms with Crippen molar-refractivity contribution in [2.45, 2.75) is 43.9 Å². The molecule has 2 heterocycles. The molecule has 0 radical (unpaired) electrons. The molecule has 2 aliphatic rings. The Balaban J connectivity index is 1.57. The van der Waals surface area contributed by atoms with Gasteiger partial charge in [0, 0.05) is 28.5 Å². The molecule has 1 saturated carbocycles. The Morgan fingerprint density at radius 2 is 2.12 bits per heavy atom. The second-order valence-corrected chi connectivity index (χ2v) is 8.81. The number of para-hydroxylation sites is 1. The fourth-order valence-electron chi connectivity index (χ4n) is 3.46. The number of nitrogens with one attached hydrogen (secondary N) is 1. The summed E-state index contributed by atoms with van der Waals surface area (Å²) >= 11 is 3.50. The van der Waals surface area contributed by atoms with E-state index >= 15 is 0 Å². The van der Waals surface area contributed by atoms with Gasteiger partial charge in [-0.25, -0.2) is 0 Å². The van der Waals surface area contributed by atoms with Crippen molar-refractivity contribution in [3.05, 3.63) is 35.6 Å². The Kier molecular flexibility index (Phi) is 5.36. The zero-order valence-electron chi connectivity index (χ0n) is 14.1. The number of amides is 1. The fraction of sp³-hybridized carbons (Fsp3) is 0.474. The van der Waals surface area contributed by atoms with Crippen LogP contribution in [-0.4, -0.2) is 28.6 Å². The van der Waals surface area contributed by atoms with Crippen LogP contribution in [0.3, 0.4) is 0 Å². The lowest BCUT2D eigenvalue weighted by Crippen LogP contribution is -2.36. The number of furan rings is 1. The molecule has 6 heteroatoms. The van der Waals surface area contributed by atoms with Crippen LogP contribution in [0.25, 0.3) is 11.0 Å². The Morgan fingerprint density at radius 1 is 1.28 bits per heavy atom. The van der Waals surface area contributed by atoms with Crippen LogP contribution < -0.4 is 5.32 Å². The number of carbonyl (C=O) groups excluding carboxylic acids is 1. The van der Waals surface area contributed by atoms with Crippen molar-refractivity contribution in [1.82, 2.24) is 5.32 Å². The lowest BCUT2D eigenvalue weighted by atomic mass is 9.95. The predicted molar refractivity (Wildman–Crippen MR) is 107 cm³/mol. The third-order valence-corrected chi connectivity index (χ3v) is 7.02. The van der Waals surface area contributed by atoms with Gasteiger partial charge in [0.05, 0.1) is 6.54 Å². The van der Waals surface area contributed by atoms with Crippen LogP contribution in [0.15, 0.2) is 33.7 Å². The Labute approximate surface area is 156 Å². The second-order valence-electron chi connectivity index (χ2n) is 6.50. The highest BCUT2D eigenvalue weighted by atomic mass is 32.2. The maximum Gasteiger partial charge on any atom is 0.287 e. The number of carbonyl (C=O) groups is 1. The van der Waals surface area contributed by atoms with E-state index in [1.807, 2.05) is 24.3 Å². The van der Waals surface area contributed by atoms with Gasteiger partial charge in [-0.2, -0.15) is 0 Å². The molecule has 1 amide bonds. The van der Waals surface area contributed by atoms with Crippen LogP contribution >= 0.6 is 23.5 Å². The average Bonchev–Trinajstić information content (AvgIpc) is 3.28. The van der Waals surface area contributed by atoms with Gasteiger partial charge in [0.15, 0.2) is 5.76 Å². The van der Waals surface area contributed by atoms with E-state index < -0.39 is 0 Å². The second kappa shape index (κ2) is 7.87. The van der Waals surface area contributed by atoms with Gasteiger partial charge in [0.25, 0.3) is 5.91 Å². The van der Waals surface area contributed by atoms with Crippen molar-refractivity contribution < 1.29 is 9.21 Å². The van der Waals surface area contributed by atoms with E-state index in [4.69, 9.17) is 4.42 Å². The molecule has 1 aromatic carbocycles. The molecule has 4 rings (SSSR count). The summed E-state index contributed by atoms with van der Waals surface area (Å²) in [4.78, 5) is 17.3. The number of thioether (sulfide) groups is 2. The average molecular weight is 375 g/mol. The molecule has 4 nitrogen and oxygen atoms in total. The summed E-state index contributed by atoms with van der Waals surface area (Å²) in [7, 11) is 0. The molecule has 0 spiro atoms. The molecule has 1 aliphatic carbocycles. The maximum absolute atomic E-state index is 12.8. The first-order valence-electron chi connectivity index (χ1n) is 8.92. The minimum Gasteiger partial charge on any atom is -0.451 e. The molecule has 1 aromatic heterocycles. The predicted octanol–water partition coefficient (Wildman–Crippen LogP) is 4.83. The SMILES string of the molecule is O=C(NC1CCCCC1)c1oc2ccccc2c1CSC1=NCCS1. The first-order valence-corrected chi connectivity index (χ1v) is 10.9. The molecule has 132 valence electrons. The number of hydrogen-bond donors (Lipinski definition) is 1. The minimum atomic E-state index is -0.0697. The molecular weight excluding hydrogens is 352 g/mol. The van der Waals surface area contributed by atoms with Gasteiger partial charge < -0.3 is 9.73 Å². The highest BCUT2D eigenvalue weighted by Crippen LogP contribution is 2.32. The van der Waals surface area contributed by atoms with E-state index in [1.54, 1.807) is 23.5 Å². The largest absolute Gasteiger partial charge is 0.451 e. The smallest absolute Gasteiger partial charge is 0.287 e. The number of aliphatic imine (C=N–C) groups is 1. The lowest BCUT2D eigenvalue weighted by molar-refractivity contribution is 0.0901. The highest BCUT2D eigenvalue weighted by Gasteiger charge is 2.24. The Hall–Kier alpha value is -1.40. The number of hydrogen-bond acceptors (Lipinski definition) is 5. The third kappa shape index (κ3) is 3.90. The van der Waals surface area contributed by atoms with Gasteiger partial charge in [-0.15, -0.1) is 0 Å². The van der Waals surface area contributed by atoms with E-state index in [0.717, 1.165) is 51.8 Å². The van der Waals surface area contributed by atoms with Gasteiger partial charge in [-0.1, -0.05) is 61.0 Å². The minimum absolute atomic E-state index is 0.0697. The normalized spacial score (nSPS) is 18.5. The van der Waals surface area contributed by atoms with Gasteiger partial charge in [0.2, 0.25) is 0 Å². The van der Waals surface area contributed by atoms with Gasteiger partial charge in [-0.3, -0.25) is 9.79 Å². The van der Waals surface area contributed by atoms with Crippen LogP contribution in [0, 0.1) is 0 Å². The highest BCUT2D eigenvalue weighted by molar-refractivity contribution is 8.38. The molecule has 1 fully saturated rings. The molecule has 1 aliphatic heterocycles. The number of nitrogens with zero attached hydrogens (tertiary/aromatic N) is 1. The van der Waals surface area contributed by atoms with E-state index in [9.17, 15) is 4.79 Å². The van der Waals surface area contributed by atoms with Gasteiger partial charge >= 0.3 is 0 Å². The van der Waals surface area contributed by atoms with E-state index in [-0.39, 0.29) is 11.9 Å². The van der Waals surface area contributed by atoms with Gasteiger partial charge in [-0.05, 0) is 18.9 Å². The molecule has 0 atom stereocenters. The summed E-state index contributed by atoms with van der Waals surface area (Å²) in [6.45, 7) is 0.897. The first-order chi connectivity index (χ1) is 12.3. The fourth-order valence-corrected chi connectivity index (χ4v) is 5.50. The summed E-state index contributed by atoms with van der Waals surface area (Å²) in [5.41, 5.74) is 1.78. The van der Waals surface area contributed by atoms with Crippen molar-refractivity contribution in [3.63, 3.8) is 0 Å². The summed E-state index contributed by atoms with van der Waals surface area (Å²) in [5.74, 6) is 2.18. The zero-order chi connectivity index (χ0) is 17.1. The van der Waals surface area contributed by atoms with Crippen molar-refractivity contribution in [2.24, 2.45) is 4.99 Å². The summed E-state index contributed by atoms with van der Waals surface area (Å²) in [6.07, 6.45) is 5.82. The zero-order valence-corrected chi connectivity index (χ0v) is 15.8. The molecule has 25 heavy (non-hydrogen) atoms. The van der Waals surface area contributed by atoms with Crippen molar-refractivity contribution in [2.75, 3.05) is 12.3 Å². The first kappa shape index (κ1) is 17.0. The van der Waals surface area contributed by atoms with Crippen molar-refractivity contribution in [3.8, 4) is 0 Å². The monoisotopic (exact) mass is 374 g/mol. The molecule has 0 saturated heterocycles. The van der Waals surface area contributed by atoms with Crippen molar-refractivity contribution >= 4 is 44.8 Å². The van der Waals surface area contributed by atoms with E-state index in [0.29, 0.717) is 5.76 Å². The van der Waals surface area contributed by atoms with E-state index in [2.05, 4.69) is 10.3 Å². The molecule has 0 bridgehead atoms. The number of rotatable bonds is 4. The topological polar surface area (TPSA) is 54.6 Å². The van der Waals surface area contributed by atoms with Crippen molar-refractivity contribution in [1.29, 1.82) is 0 Å². The van der Waals surface area contributed by atoms with Gasteiger partial charge in [0.1, 0.15) is 9.96 Å². The van der Waals surface area contributed by atoms with Crippen LogP contribution in [-0.2, 0) is 5.75 Å². The quantitative estimate of drug-likeness (QED) is 0.833. The number of benzene rings is 1. The standard InChI is InChI=1S/C19H22N2O2S2/c22-18(21-13-6-2-1-3-7-13)17-15(12-25-19-20-10-11-24-19)14-8-4-5-9-16(14)23-17/h4-5,8-9,13H,1-3,6-7,10-12H2,(H,21,22). The summed E-state index contributed by atoms with van der Waals surface area (Å²) < 4.78 is 7.06. The maximum atomic E-state index is 12.8. The van der Waals surface area contributed by atoms with Crippen LogP contribution in [0.5, 0.6) is 0 Å². The molecular formula is C19H22N2O2S2. The molecule has 1 N–H and O–H groups in total. The van der Waals surface area contributed by atoms with E-state index in [1.165, 1.54) is 19.3 Å². The Bertz CT molecular complexity index is 794. The Morgan fingerprint density at radius 3 is 2.92 bits per heavy atom. The molecule has 0 unspecified atom stereocenters. The van der Waals surface area contributed by atoms with Crippen LogP contribution in [0.4, 0.5) is 0 Å². The van der Waals surface area contributed by atoms with Crippen LogP contribution in [0.1, 0.15) is 48.2 Å². The molecule has 2 aromatic rings. The summed E-state index contributed by atoms with van der Waals surface area (Å²) in [5, 5.41) is 4.22.